The summed E-state index contributed by atoms with van der Waals surface area (Å²) in [7, 11) is 3.68. The first kappa shape index (κ1) is 14.4. The van der Waals surface area contributed by atoms with Gasteiger partial charge in [0, 0.05) is 48.9 Å². The summed E-state index contributed by atoms with van der Waals surface area (Å²) in [4.78, 5) is 4.67. The summed E-state index contributed by atoms with van der Waals surface area (Å²) in [6.45, 7) is 5.94. The van der Waals surface area contributed by atoms with Crippen molar-refractivity contribution in [1.29, 1.82) is 0 Å². The fourth-order valence-corrected chi connectivity index (χ4v) is 2.64. The number of hydrogen-bond donors (Lipinski definition) is 1. The highest BCUT2D eigenvalue weighted by molar-refractivity contribution is 6.30. The Morgan fingerprint density at radius 2 is 2.16 bits per heavy atom. The predicted molar refractivity (Wildman–Crippen MR) is 77.0 cm³/mol. The third kappa shape index (κ3) is 3.32. The van der Waals surface area contributed by atoms with Gasteiger partial charge in [-0.05, 0) is 20.0 Å². The maximum atomic E-state index is 10.1. The highest BCUT2D eigenvalue weighted by atomic mass is 35.5. The number of piperazine rings is 1. The van der Waals surface area contributed by atoms with Gasteiger partial charge in [-0.1, -0.05) is 11.6 Å². The third-order valence-electron chi connectivity index (χ3n) is 3.78. The van der Waals surface area contributed by atoms with Gasteiger partial charge in [0.25, 0.3) is 0 Å². The zero-order chi connectivity index (χ0) is 14.0. The summed E-state index contributed by atoms with van der Waals surface area (Å²) in [5.41, 5.74) is 0.820. The molecule has 2 rings (SSSR count). The summed E-state index contributed by atoms with van der Waals surface area (Å²) in [5.74, 6) is 0.628. The number of halogens is 1. The molecule has 1 unspecified atom stereocenters. The molecule has 0 aromatic heterocycles. The van der Waals surface area contributed by atoms with Crippen LogP contribution in [-0.4, -0.2) is 54.7 Å². The summed E-state index contributed by atoms with van der Waals surface area (Å²) >= 11 is 6.05. The quantitative estimate of drug-likeness (QED) is 0.923. The molecule has 0 amide bonds. The minimum Gasteiger partial charge on any atom is -0.504 e. The molecule has 19 heavy (non-hydrogen) atoms. The maximum absolute atomic E-state index is 10.1. The molecule has 1 N–H and O–H groups in total. The fraction of sp³-hybridized carbons (Fsp3) is 0.571. The van der Waals surface area contributed by atoms with E-state index in [9.17, 15) is 5.11 Å². The average Bonchev–Trinajstić information content (AvgIpc) is 2.37. The van der Waals surface area contributed by atoms with E-state index in [1.54, 1.807) is 6.07 Å². The normalized spacial score (nSPS) is 21.6. The van der Waals surface area contributed by atoms with Gasteiger partial charge >= 0.3 is 0 Å². The SMILES string of the molecule is COc1cc(Cl)cc(CN2CCN(C)C(C)C2)c1O. The number of ether oxygens (including phenoxy) is 1. The van der Waals surface area contributed by atoms with Crippen LogP contribution in [0.3, 0.4) is 0 Å². The first-order chi connectivity index (χ1) is 9.01. The molecule has 1 atom stereocenters. The van der Waals surface area contributed by atoms with Crippen LogP contribution in [0.15, 0.2) is 12.1 Å². The molecule has 1 aliphatic rings. The van der Waals surface area contributed by atoms with Gasteiger partial charge in [0.15, 0.2) is 11.5 Å². The molecule has 1 aromatic carbocycles. The third-order valence-corrected chi connectivity index (χ3v) is 3.99. The number of rotatable bonds is 3. The lowest BCUT2D eigenvalue weighted by Gasteiger charge is -2.37. The molecule has 5 heteroatoms. The van der Waals surface area contributed by atoms with Crippen LogP contribution in [0.5, 0.6) is 11.5 Å². The van der Waals surface area contributed by atoms with Gasteiger partial charge in [0.2, 0.25) is 0 Å². The van der Waals surface area contributed by atoms with Crippen LogP contribution in [-0.2, 0) is 6.54 Å². The van der Waals surface area contributed by atoms with Crippen LogP contribution in [0.1, 0.15) is 12.5 Å². The number of nitrogens with zero attached hydrogens (tertiary/aromatic N) is 2. The van der Waals surface area contributed by atoms with E-state index in [0.29, 0.717) is 23.4 Å². The second-order valence-corrected chi connectivity index (χ2v) is 5.62. The molecule has 1 saturated heterocycles. The highest BCUT2D eigenvalue weighted by Crippen LogP contribution is 2.34. The Bertz CT molecular complexity index is 453. The predicted octanol–water partition coefficient (Wildman–Crippen LogP) is 2.19. The standard InChI is InChI=1S/C14H21ClN2O2/c1-10-8-17(5-4-16(10)2)9-11-6-12(15)7-13(19-3)14(11)18/h6-7,10,18H,4-5,8-9H2,1-3H3. The van der Waals surface area contributed by atoms with Crippen molar-refractivity contribution in [3.63, 3.8) is 0 Å². The van der Waals surface area contributed by atoms with Gasteiger partial charge in [-0.3, -0.25) is 4.90 Å². The first-order valence-corrected chi connectivity index (χ1v) is 6.87. The molecule has 1 heterocycles. The van der Waals surface area contributed by atoms with E-state index in [-0.39, 0.29) is 5.75 Å². The molecular weight excluding hydrogens is 264 g/mol. The van der Waals surface area contributed by atoms with Gasteiger partial charge in [-0.15, -0.1) is 0 Å². The Morgan fingerprint density at radius 3 is 2.79 bits per heavy atom. The Morgan fingerprint density at radius 1 is 1.42 bits per heavy atom. The van der Waals surface area contributed by atoms with Crippen molar-refractivity contribution in [2.75, 3.05) is 33.8 Å². The van der Waals surface area contributed by atoms with Crippen molar-refractivity contribution >= 4 is 11.6 Å². The van der Waals surface area contributed by atoms with Gasteiger partial charge < -0.3 is 14.7 Å². The van der Waals surface area contributed by atoms with E-state index >= 15 is 0 Å². The first-order valence-electron chi connectivity index (χ1n) is 6.49. The molecular formula is C14H21ClN2O2. The molecule has 0 radical (unpaired) electrons. The second kappa shape index (κ2) is 5.99. The monoisotopic (exact) mass is 284 g/mol. The van der Waals surface area contributed by atoms with E-state index in [1.807, 2.05) is 6.07 Å². The lowest BCUT2D eigenvalue weighted by molar-refractivity contribution is 0.0993. The second-order valence-electron chi connectivity index (χ2n) is 5.18. The fourth-order valence-electron chi connectivity index (χ4n) is 2.41. The van der Waals surface area contributed by atoms with Crippen LogP contribution >= 0.6 is 11.6 Å². The molecule has 0 spiro atoms. The van der Waals surface area contributed by atoms with Gasteiger partial charge in [-0.2, -0.15) is 0 Å². The van der Waals surface area contributed by atoms with Crippen LogP contribution in [0.25, 0.3) is 0 Å². The van der Waals surface area contributed by atoms with Gasteiger partial charge in [0.05, 0.1) is 7.11 Å². The summed E-state index contributed by atoms with van der Waals surface area (Å²) in [5, 5.41) is 10.7. The smallest absolute Gasteiger partial charge is 0.162 e. The largest absolute Gasteiger partial charge is 0.504 e. The van der Waals surface area contributed by atoms with E-state index in [1.165, 1.54) is 7.11 Å². The summed E-state index contributed by atoms with van der Waals surface area (Å²) < 4.78 is 5.13. The molecule has 0 aliphatic carbocycles. The Hall–Kier alpha value is -0.970. The lowest BCUT2D eigenvalue weighted by atomic mass is 10.1. The van der Waals surface area contributed by atoms with E-state index in [2.05, 4.69) is 23.8 Å². The number of aromatic hydroxyl groups is 1. The van der Waals surface area contributed by atoms with Crippen LogP contribution in [0, 0.1) is 0 Å². The highest BCUT2D eigenvalue weighted by Gasteiger charge is 2.22. The molecule has 1 aliphatic heterocycles. The van der Waals surface area contributed by atoms with Crippen molar-refractivity contribution < 1.29 is 9.84 Å². The Balaban J connectivity index is 2.13. The molecule has 1 fully saturated rings. The average molecular weight is 285 g/mol. The molecule has 4 nitrogen and oxygen atoms in total. The van der Waals surface area contributed by atoms with Crippen LogP contribution in [0.4, 0.5) is 0 Å². The topological polar surface area (TPSA) is 35.9 Å². The number of likely N-dealkylation sites (N-methyl/N-ethyl adjacent to an activating group) is 1. The number of benzene rings is 1. The molecule has 0 bridgehead atoms. The van der Waals surface area contributed by atoms with Crippen molar-refractivity contribution in [3.8, 4) is 11.5 Å². The summed E-state index contributed by atoms with van der Waals surface area (Å²) in [6.07, 6.45) is 0. The zero-order valence-corrected chi connectivity index (χ0v) is 12.4. The van der Waals surface area contributed by atoms with E-state index in [4.69, 9.17) is 16.3 Å². The number of hydrogen-bond acceptors (Lipinski definition) is 4. The Labute approximate surface area is 119 Å². The van der Waals surface area contributed by atoms with Gasteiger partial charge in [-0.25, -0.2) is 0 Å². The number of methoxy groups -OCH3 is 1. The van der Waals surface area contributed by atoms with Crippen molar-refractivity contribution in [2.24, 2.45) is 0 Å². The zero-order valence-electron chi connectivity index (χ0n) is 11.7. The van der Waals surface area contributed by atoms with Crippen molar-refractivity contribution in [1.82, 2.24) is 9.80 Å². The maximum Gasteiger partial charge on any atom is 0.162 e. The number of phenols is 1. The van der Waals surface area contributed by atoms with Crippen molar-refractivity contribution in [3.05, 3.63) is 22.7 Å². The minimum atomic E-state index is 0.193. The number of phenolic OH excluding ortho intramolecular Hbond substituents is 1. The minimum absolute atomic E-state index is 0.193. The summed E-state index contributed by atoms with van der Waals surface area (Å²) in [6, 6.07) is 3.96. The van der Waals surface area contributed by atoms with E-state index in [0.717, 1.165) is 25.2 Å². The molecule has 0 saturated carbocycles. The molecule has 106 valence electrons. The lowest BCUT2D eigenvalue weighted by Crippen LogP contribution is -2.49. The molecule has 1 aromatic rings. The van der Waals surface area contributed by atoms with Crippen LogP contribution in [0.2, 0.25) is 5.02 Å². The van der Waals surface area contributed by atoms with E-state index < -0.39 is 0 Å². The Kier molecular flexibility index (Phi) is 4.55. The van der Waals surface area contributed by atoms with Crippen LogP contribution < -0.4 is 4.74 Å². The van der Waals surface area contributed by atoms with Gasteiger partial charge in [0.1, 0.15) is 0 Å². The van der Waals surface area contributed by atoms with Crippen molar-refractivity contribution in [2.45, 2.75) is 19.5 Å².